The van der Waals surface area contributed by atoms with Gasteiger partial charge < -0.3 is 5.73 Å². The van der Waals surface area contributed by atoms with Gasteiger partial charge in [0.15, 0.2) is 0 Å². The lowest BCUT2D eigenvalue weighted by Crippen LogP contribution is -2.36. The van der Waals surface area contributed by atoms with Crippen LogP contribution in [0.25, 0.3) is 0 Å². The molecule has 4 N–H and O–H groups in total. The molecule has 0 unspecified atom stereocenters. The van der Waals surface area contributed by atoms with E-state index in [1.807, 2.05) is 46.9 Å². The molecule has 0 aliphatic carbocycles. The molecule has 1 rings (SSSR count). The minimum absolute atomic E-state index is 0.731. The smallest absolute Gasteiger partial charge is 0.242 e. The van der Waals surface area contributed by atoms with Crippen molar-refractivity contribution in [3.63, 3.8) is 0 Å². The summed E-state index contributed by atoms with van der Waals surface area (Å²) in [5, 5.41) is 5.54. The molecule has 0 fully saturated rings. The van der Waals surface area contributed by atoms with Crippen molar-refractivity contribution >= 4 is 32.0 Å². The Kier molecular flexibility index (Phi) is 2.26. The minimum Gasteiger partial charge on any atom is -0.398 e. The van der Waals surface area contributed by atoms with E-state index in [9.17, 15) is 0 Å². The molecule has 1 aromatic rings. The maximum absolute atomic E-state index is 5.62. The van der Waals surface area contributed by atoms with Gasteiger partial charge in [-0.1, -0.05) is 12.1 Å². The van der Waals surface area contributed by atoms with Gasteiger partial charge >= 0.3 is 0 Å². The number of rotatable bonds is 1. The Balaban J connectivity index is 3.15. The SMILES string of the molecule is Nc1ccccc1C(=[NH2+])I. The van der Waals surface area contributed by atoms with E-state index in [1.54, 1.807) is 0 Å². The number of nitrogen functional groups attached to an aromatic ring is 1. The number of para-hydroxylation sites is 1. The first-order chi connectivity index (χ1) is 4.72. The number of benzene rings is 1. The van der Waals surface area contributed by atoms with Crippen molar-refractivity contribution in [2.45, 2.75) is 0 Å². The van der Waals surface area contributed by atoms with Gasteiger partial charge in [-0.25, -0.2) is 5.41 Å². The highest BCUT2D eigenvalue weighted by Crippen LogP contribution is 2.11. The fourth-order valence-corrected chi connectivity index (χ4v) is 1.21. The van der Waals surface area contributed by atoms with E-state index >= 15 is 0 Å². The highest BCUT2D eigenvalue weighted by Gasteiger charge is 2.03. The van der Waals surface area contributed by atoms with Gasteiger partial charge in [-0.05, 0) is 12.1 Å². The second-order valence-corrected chi connectivity index (χ2v) is 3.10. The Hall–Kier alpha value is -0.580. The molecule has 10 heavy (non-hydrogen) atoms. The van der Waals surface area contributed by atoms with Gasteiger partial charge in [-0.3, -0.25) is 0 Å². The average Bonchev–Trinajstić information content (AvgIpc) is 1.88. The summed E-state index contributed by atoms with van der Waals surface area (Å²) >= 11 is 2.05. The maximum Gasteiger partial charge on any atom is 0.242 e. The molecule has 3 heteroatoms. The Morgan fingerprint density at radius 1 is 1.40 bits per heavy atom. The second-order valence-electron chi connectivity index (χ2n) is 1.94. The van der Waals surface area contributed by atoms with Crippen molar-refractivity contribution in [2.24, 2.45) is 0 Å². The Morgan fingerprint density at radius 3 is 2.40 bits per heavy atom. The molecule has 0 aromatic heterocycles. The largest absolute Gasteiger partial charge is 0.398 e. The first kappa shape index (κ1) is 7.53. The van der Waals surface area contributed by atoms with E-state index in [0.717, 1.165) is 15.0 Å². The van der Waals surface area contributed by atoms with Gasteiger partial charge in [0.05, 0.1) is 5.56 Å². The van der Waals surface area contributed by atoms with Crippen molar-refractivity contribution in [2.75, 3.05) is 5.73 Å². The average molecular weight is 247 g/mol. The zero-order valence-corrected chi connectivity index (χ0v) is 7.50. The third-order valence-electron chi connectivity index (χ3n) is 1.22. The third kappa shape index (κ3) is 1.47. The Bertz CT molecular complexity index is 258. The van der Waals surface area contributed by atoms with Crippen LogP contribution < -0.4 is 11.1 Å². The summed E-state index contributed by atoms with van der Waals surface area (Å²) in [6, 6.07) is 7.54. The lowest BCUT2D eigenvalue weighted by atomic mass is 10.2. The van der Waals surface area contributed by atoms with Gasteiger partial charge in [-0.2, -0.15) is 0 Å². The van der Waals surface area contributed by atoms with Crippen molar-refractivity contribution in [1.82, 2.24) is 0 Å². The molecule has 0 aliphatic rings. The second kappa shape index (κ2) is 3.01. The topological polar surface area (TPSA) is 51.6 Å². The molecule has 0 radical (unpaired) electrons. The maximum atomic E-state index is 5.62. The number of hydrogen-bond acceptors (Lipinski definition) is 1. The Labute approximate surface area is 73.1 Å². The minimum atomic E-state index is 0.731. The van der Waals surface area contributed by atoms with Crippen molar-refractivity contribution in [3.05, 3.63) is 29.8 Å². The first-order valence-electron chi connectivity index (χ1n) is 2.84. The van der Waals surface area contributed by atoms with Gasteiger partial charge in [0.25, 0.3) is 0 Å². The monoisotopic (exact) mass is 247 g/mol. The molecule has 52 valence electrons. The number of nitrogens with two attached hydrogens (primary N) is 2. The van der Waals surface area contributed by atoms with Crippen molar-refractivity contribution in [1.29, 1.82) is 0 Å². The molecule has 0 aliphatic heterocycles. The van der Waals surface area contributed by atoms with Crippen LogP contribution in [0.4, 0.5) is 5.69 Å². The van der Waals surface area contributed by atoms with E-state index in [-0.39, 0.29) is 0 Å². The van der Waals surface area contributed by atoms with Crippen LogP contribution in [0.2, 0.25) is 0 Å². The molecule has 0 heterocycles. The summed E-state index contributed by atoms with van der Waals surface area (Å²) in [6.45, 7) is 0. The van der Waals surface area contributed by atoms with E-state index in [2.05, 4.69) is 0 Å². The fourth-order valence-electron chi connectivity index (χ4n) is 0.715. The molecule has 0 saturated carbocycles. The zero-order chi connectivity index (χ0) is 7.56. The van der Waals surface area contributed by atoms with Crippen LogP contribution in [0.1, 0.15) is 5.56 Å². The zero-order valence-electron chi connectivity index (χ0n) is 5.34. The Morgan fingerprint density at radius 2 is 2.00 bits per heavy atom. The number of anilines is 1. The lowest BCUT2D eigenvalue weighted by Gasteiger charge is -1.95. The molecule has 0 atom stereocenters. The molecular weight excluding hydrogens is 239 g/mol. The van der Waals surface area contributed by atoms with E-state index in [4.69, 9.17) is 11.1 Å². The van der Waals surface area contributed by atoms with Crippen LogP contribution in [-0.4, -0.2) is 3.72 Å². The lowest BCUT2D eigenvalue weighted by molar-refractivity contribution is -0.106. The molecule has 0 saturated heterocycles. The predicted molar refractivity (Wildman–Crippen MR) is 50.9 cm³/mol. The summed E-state index contributed by atoms with van der Waals surface area (Å²) in [7, 11) is 0. The van der Waals surface area contributed by atoms with Crippen LogP contribution >= 0.6 is 22.6 Å². The van der Waals surface area contributed by atoms with E-state index in [0.29, 0.717) is 0 Å². The summed E-state index contributed by atoms with van der Waals surface area (Å²) in [5.74, 6) is 0. The normalized spacial score (nSPS) is 9.30. The quantitative estimate of drug-likeness (QED) is 0.416. The van der Waals surface area contributed by atoms with E-state index < -0.39 is 0 Å². The van der Waals surface area contributed by atoms with Crippen molar-refractivity contribution in [3.8, 4) is 0 Å². The molecular formula is C7H8IN2+. The third-order valence-corrected chi connectivity index (χ3v) is 1.80. The summed E-state index contributed by atoms with van der Waals surface area (Å²) in [6.07, 6.45) is 0. The van der Waals surface area contributed by atoms with Gasteiger partial charge in [-0.15, -0.1) is 0 Å². The van der Waals surface area contributed by atoms with Crippen LogP contribution in [0.5, 0.6) is 0 Å². The summed E-state index contributed by atoms with van der Waals surface area (Å²) in [4.78, 5) is 0. The molecule has 2 nitrogen and oxygen atoms in total. The standard InChI is InChI=1S/C7H7IN2/c8-7(10)5-3-1-2-4-6(5)9/h1-4,10H,9H2/p+1. The van der Waals surface area contributed by atoms with E-state index in [1.165, 1.54) is 0 Å². The van der Waals surface area contributed by atoms with Crippen molar-refractivity contribution < 1.29 is 5.41 Å². The molecule has 0 bridgehead atoms. The van der Waals surface area contributed by atoms with Crippen LogP contribution in [0.3, 0.4) is 0 Å². The molecule has 0 spiro atoms. The summed E-state index contributed by atoms with van der Waals surface area (Å²) in [5.41, 5.74) is 7.27. The first-order valence-corrected chi connectivity index (χ1v) is 3.92. The molecule has 0 amide bonds. The van der Waals surface area contributed by atoms with Gasteiger partial charge in [0.1, 0.15) is 0 Å². The van der Waals surface area contributed by atoms with Crippen LogP contribution in [-0.2, 0) is 0 Å². The fraction of sp³-hybridized carbons (Fsp3) is 0. The molecule has 1 aromatic carbocycles. The van der Waals surface area contributed by atoms with Gasteiger partial charge in [0, 0.05) is 28.3 Å². The summed E-state index contributed by atoms with van der Waals surface area (Å²) < 4.78 is 0.732. The predicted octanol–water partition coefficient (Wildman–Crippen LogP) is 0.209. The number of halogens is 1. The van der Waals surface area contributed by atoms with Gasteiger partial charge in [0.2, 0.25) is 3.72 Å². The van der Waals surface area contributed by atoms with Crippen LogP contribution in [0.15, 0.2) is 24.3 Å². The van der Waals surface area contributed by atoms with Crippen LogP contribution in [0, 0.1) is 0 Å². The highest BCUT2D eigenvalue weighted by atomic mass is 127. The number of hydrogen-bond donors (Lipinski definition) is 2. The highest BCUT2D eigenvalue weighted by molar-refractivity contribution is 14.1.